The Labute approximate surface area is 102 Å². The second-order valence-electron chi connectivity index (χ2n) is 4.44. The van der Waals surface area contributed by atoms with Crippen LogP contribution in [0.2, 0.25) is 5.02 Å². The highest BCUT2D eigenvalue weighted by Crippen LogP contribution is 2.41. The number of rotatable bonds is 3. The maximum Gasteiger partial charge on any atom is 0.124 e. The summed E-state index contributed by atoms with van der Waals surface area (Å²) >= 11 is 6.05. The smallest absolute Gasteiger partial charge is 0.124 e. The molecule has 2 rings (SSSR count). The highest BCUT2D eigenvalue weighted by atomic mass is 35.5. The normalized spacial score (nSPS) is 18.7. The molecule has 1 aromatic rings. The Morgan fingerprint density at radius 1 is 1.38 bits per heavy atom. The van der Waals surface area contributed by atoms with Crippen molar-refractivity contribution in [1.29, 1.82) is 0 Å². The Morgan fingerprint density at radius 2 is 2.06 bits per heavy atom. The van der Waals surface area contributed by atoms with Crippen LogP contribution in [0.1, 0.15) is 38.2 Å². The quantitative estimate of drug-likeness (QED) is 0.877. The fourth-order valence-corrected chi connectivity index (χ4v) is 2.62. The molecule has 0 aromatic heterocycles. The molecule has 0 heterocycles. The van der Waals surface area contributed by atoms with Crippen molar-refractivity contribution >= 4 is 11.6 Å². The van der Waals surface area contributed by atoms with Crippen molar-refractivity contribution in [3.05, 3.63) is 28.8 Å². The molecule has 0 bridgehead atoms. The number of hydrogen-bond donors (Lipinski definition) is 1. The molecule has 1 fully saturated rings. The summed E-state index contributed by atoms with van der Waals surface area (Å²) in [6.45, 7) is 2.64. The van der Waals surface area contributed by atoms with E-state index in [0.29, 0.717) is 6.61 Å². The second kappa shape index (κ2) is 4.64. The fourth-order valence-electron chi connectivity index (χ4n) is 2.45. The van der Waals surface area contributed by atoms with E-state index in [9.17, 15) is 0 Å². The molecule has 2 nitrogen and oxygen atoms in total. The van der Waals surface area contributed by atoms with Gasteiger partial charge in [0, 0.05) is 16.1 Å². The summed E-state index contributed by atoms with van der Waals surface area (Å²) in [4.78, 5) is 0. The summed E-state index contributed by atoms with van der Waals surface area (Å²) in [5.74, 6) is 0.885. The van der Waals surface area contributed by atoms with Crippen molar-refractivity contribution in [3.8, 4) is 5.75 Å². The maximum absolute atomic E-state index is 6.44. The average molecular weight is 240 g/mol. The van der Waals surface area contributed by atoms with Crippen molar-refractivity contribution in [3.63, 3.8) is 0 Å². The summed E-state index contributed by atoms with van der Waals surface area (Å²) in [5, 5.41) is 0.732. The number of benzene rings is 1. The van der Waals surface area contributed by atoms with Crippen molar-refractivity contribution in [1.82, 2.24) is 0 Å². The molecule has 0 unspecified atom stereocenters. The van der Waals surface area contributed by atoms with Gasteiger partial charge < -0.3 is 10.5 Å². The third-order valence-corrected chi connectivity index (χ3v) is 3.51. The minimum Gasteiger partial charge on any atom is -0.494 e. The topological polar surface area (TPSA) is 35.2 Å². The van der Waals surface area contributed by atoms with Crippen molar-refractivity contribution in [2.75, 3.05) is 6.61 Å². The number of ether oxygens (including phenoxy) is 1. The standard InChI is InChI=1S/C13H18ClNO/c1-2-16-12-6-5-10(14)9-11(12)13(15)7-3-4-8-13/h5-6,9H,2-4,7-8,15H2,1H3. The molecule has 88 valence electrons. The number of hydrogen-bond acceptors (Lipinski definition) is 2. The molecule has 0 radical (unpaired) electrons. The van der Waals surface area contributed by atoms with Gasteiger partial charge in [0.25, 0.3) is 0 Å². The van der Waals surface area contributed by atoms with E-state index in [1.165, 1.54) is 12.8 Å². The predicted molar refractivity (Wildman–Crippen MR) is 67.0 cm³/mol. The molecule has 1 saturated carbocycles. The molecular weight excluding hydrogens is 222 g/mol. The Kier molecular flexibility index (Phi) is 3.41. The van der Waals surface area contributed by atoms with Crippen molar-refractivity contribution in [2.45, 2.75) is 38.1 Å². The van der Waals surface area contributed by atoms with E-state index in [0.717, 1.165) is 29.2 Å². The van der Waals surface area contributed by atoms with E-state index in [-0.39, 0.29) is 5.54 Å². The second-order valence-corrected chi connectivity index (χ2v) is 4.87. The first kappa shape index (κ1) is 11.7. The number of halogens is 1. The highest BCUT2D eigenvalue weighted by Gasteiger charge is 2.33. The molecule has 16 heavy (non-hydrogen) atoms. The first-order valence-corrected chi connectivity index (χ1v) is 6.25. The molecule has 2 N–H and O–H groups in total. The van der Waals surface area contributed by atoms with E-state index >= 15 is 0 Å². The SMILES string of the molecule is CCOc1ccc(Cl)cc1C1(N)CCCC1. The predicted octanol–water partition coefficient (Wildman–Crippen LogP) is 3.47. The van der Waals surface area contributed by atoms with Gasteiger partial charge >= 0.3 is 0 Å². The fraction of sp³-hybridized carbons (Fsp3) is 0.538. The largest absolute Gasteiger partial charge is 0.494 e. The zero-order valence-electron chi connectivity index (χ0n) is 9.63. The van der Waals surface area contributed by atoms with E-state index in [2.05, 4.69) is 0 Å². The van der Waals surface area contributed by atoms with Crippen LogP contribution in [-0.4, -0.2) is 6.61 Å². The molecular formula is C13H18ClNO. The van der Waals surface area contributed by atoms with E-state index in [1.807, 2.05) is 25.1 Å². The van der Waals surface area contributed by atoms with Gasteiger partial charge in [0.05, 0.1) is 6.61 Å². The monoisotopic (exact) mass is 239 g/mol. The molecule has 0 amide bonds. The molecule has 0 spiro atoms. The van der Waals surface area contributed by atoms with Gasteiger partial charge in [-0.05, 0) is 38.0 Å². The van der Waals surface area contributed by atoms with Crippen LogP contribution in [-0.2, 0) is 5.54 Å². The van der Waals surface area contributed by atoms with Crippen LogP contribution in [0.15, 0.2) is 18.2 Å². The molecule has 0 atom stereocenters. The van der Waals surface area contributed by atoms with Gasteiger partial charge in [-0.25, -0.2) is 0 Å². The first-order valence-electron chi connectivity index (χ1n) is 5.87. The van der Waals surface area contributed by atoms with Crippen LogP contribution in [0.3, 0.4) is 0 Å². The van der Waals surface area contributed by atoms with Gasteiger partial charge in [-0.1, -0.05) is 24.4 Å². The van der Waals surface area contributed by atoms with Crippen molar-refractivity contribution in [2.24, 2.45) is 5.73 Å². The van der Waals surface area contributed by atoms with E-state index in [1.54, 1.807) is 0 Å². The van der Waals surface area contributed by atoms with Crippen LogP contribution in [0.4, 0.5) is 0 Å². The Bertz CT molecular complexity index is 372. The lowest BCUT2D eigenvalue weighted by Gasteiger charge is -2.26. The zero-order valence-corrected chi connectivity index (χ0v) is 10.4. The Hall–Kier alpha value is -0.730. The summed E-state index contributed by atoms with van der Waals surface area (Å²) in [5.41, 5.74) is 7.27. The van der Waals surface area contributed by atoms with E-state index in [4.69, 9.17) is 22.1 Å². The molecule has 0 aliphatic heterocycles. The minimum atomic E-state index is -0.241. The molecule has 3 heteroatoms. The summed E-state index contributed by atoms with van der Waals surface area (Å²) in [6.07, 6.45) is 4.42. The van der Waals surface area contributed by atoms with Crippen LogP contribution in [0.25, 0.3) is 0 Å². The summed E-state index contributed by atoms with van der Waals surface area (Å²) in [6, 6.07) is 5.74. The van der Waals surface area contributed by atoms with Gasteiger partial charge in [0.15, 0.2) is 0 Å². The van der Waals surface area contributed by atoms with Crippen LogP contribution in [0, 0.1) is 0 Å². The summed E-state index contributed by atoms with van der Waals surface area (Å²) in [7, 11) is 0. The molecule has 1 aliphatic carbocycles. The maximum atomic E-state index is 6.44. The highest BCUT2D eigenvalue weighted by molar-refractivity contribution is 6.30. The lowest BCUT2D eigenvalue weighted by atomic mass is 9.88. The minimum absolute atomic E-state index is 0.241. The Balaban J connectivity index is 2.40. The zero-order chi connectivity index (χ0) is 11.6. The van der Waals surface area contributed by atoms with Crippen LogP contribution >= 0.6 is 11.6 Å². The van der Waals surface area contributed by atoms with Crippen molar-refractivity contribution < 1.29 is 4.74 Å². The Morgan fingerprint density at radius 3 is 2.69 bits per heavy atom. The van der Waals surface area contributed by atoms with Crippen LogP contribution in [0.5, 0.6) is 5.75 Å². The van der Waals surface area contributed by atoms with E-state index < -0.39 is 0 Å². The van der Waals surface area contributed by atoms with Gasteiger partial charge in [0.1, 0.15) is 5.75 Å². The molecule has 0 saturated heterocycles. The summed E-state index contributed by atoms with van der Waals surface area (Å²) < 4.78 is 5.63. The lowest BCUT2D eigenvalue weighted by Crippen LogP contribution is -2.33. The lowest BCUT2D eigenvalue weighted by molar-refractivity contribution is 0.322. The van der Waals surface area contributed by atoms with Gasteiger partial charge in [-0.3, -0.25) is 0 Å². The van der Waals surface area contributed by atoms with Gasteiger partial charge in [0.2, 0.25) is 0 Å². The molecule has 1 aromatic carbocycles. The first-order chi connectivity index (χ1) is 7.65. The molecule has 1 aliphatic rings. The third kappa shape index (κ3) is 2.18. The third-order valence-electron chi connectivity index (χ3n) is 3.27. The van der Waals surface area contributed by atoms with Gasteiger partial charge in [-0.2, -0.15) is 0 Å². The number of nitrogens with two attached hydrogens (primary N) is 1. The van der Waals surface area contributed by atoms with Crippen LogP contribution < -0.4 is 10.5 Å². The van der Waals surface area contributed by atoms with Gasteiger partial charge in [-0.15, -0.1) is 0 Å². The average Bonchev–Trinajstić information content (AvgIpc) is 2.69.